The predicted octanol–water partition coefficient (Wildman–Crippen LogP) is 3.44. The van der Waals surface area contributed by atoms with Crippen molar-refractivity contribution in [2.75, 3.05) is 13.2 Å². The molecule has 1 saturated heterocycles. The summed E-state index contributed by atoms with van der Waals surface area (Å²) in [6.45, 7) is 2.46. The van der Waals surface area contributed by atoms with E-state index in [2.05, 4.69) is 34.9 Å². The van der Waals surface area contributed by atoms with Crippen molar-refractivity contribution in [1.29, 1.82) is 0 Å². The lowest BCUT2D eigenvalue weighted by molar-refractivity contribution is -0.148. The lowest BCUT2D eigenvalue weighted by Gasteiger charge is -2.21. The molecule has 0 unspecified atom stereocenters. The summed E-state index contributed by atoms with van der Waals surface area (Å²) in [5.74, 6) is -1.45. The van der Waals surface area contributed by atoms with Crippen LogP contribution in [-0.2, 0) is 19.1 Å². The fraction of sp³-hybridized carbons (Fsp3) is 0.423. The molecule has 1 aliphatic heterocycles. The second kappa shape index (κ2) is 10.7. The van der Waals surface area contributed by atoms with E-state index in [0.717, 1.165) is 28.7 Å². The van der Waals surface area contributed by atoms with Gasteiger partial charge in [-0.15, -0.1) is 0 Å². The molecule has 180 valence electrons. The van der Waals surface area contributed by atoms with Gasteiger partial charge < -0.3 is 25.2 Å². The first-order valence-electron chi connectivity index (χ1n) is 11.7. The highest BCUT2D eigenvalue weighted by Crippen LogP contribution is 2.44. The fourth-order valence-corrected chi connectivity index (χ4v) is 4.85. The second-order valence-corrected chi connectivity index (χ2v) is 8.75. The van der Waals surface area contributed by atoms with Crippen molar-refractivity contribution in [3.8, 4) is 11.1 Å². The Bertz CT molecular complexity index is 1010. The van der Waals surface area contributed by atoms with E-state index in [9.17, 15) is 19.5 Å². The molecule has 2 aromatic rings. The Labute approximate surface area is 198 Å². The Morgan fingerprint density at radius 2 is 1.74 bits per heavy atom. The van der Waals surface area contributed by atoms with Gasteiger partial charge in [-0.1, -0.05) is 61.9 Å². The minimum absolute atomic E-state index is 0.0404. The third-order valence-electron chi connectivity index (χ3n) is 6.42. The molecule has 8 nitrogen and oxygen atoms in total. The van der Waals surface area contributed by atoms with Crippen molar-refractivity contribution < 1.29 is 29.0 Å². The zero-order valence-corrected chi connectivity index (χ0v) is 19.2. The number of fused-ring (bicyclic) bond motifs is 3. The Hall–Kier alpha value is -3.39. The third-order valence-corrected chi connectivity index (χ3v) is 6.42. The highest BCUT2D eigenvalue weighted by atomic mass is 16.5. The van der Waals surface area contributed by atoms with Crippen LogP contribution in [0.4, 0.5) is 4.79 Å². The quantitative estimate of drug-likeness (QED) is 0.522. The molecule has 1 heterocycles. The Kier molecular flexibility index (Phi) is 7.47. The zero-order chi connectivity index (χ0) is 24.1. The molecule has 2 amide bonds. The largest absolute Gasteiger partial charge is 0.479 e. The number of hydrogen-bond acceptors (Lipinski definition) is 5. The number of carboxylic acid groups (broad SMARTS) is 1. The van der Waals surface area contributed by atoms with E-state index in [1.54, 1.807) is 0 Å². The number of carbonyl (C=O) groups is 3. The van der Waals surface area contributed by atoms with Crippen LogP contribution in [0, 0.1) is 0 Å². The fourth-order valence-electron chi connectivity index (χ4n) is 4.85. The first-order valence-corrected chi connectivity index (χ1v) is 11.7. The highest BCUT2D eigenvalue weighted by molar-refractivity contribution is 5.81. The number of amides is 2. The maximum atomic E-state index is 12.6. The molecule has 1 aliphatic carbocycles. The Balaban J connectivity index is 1.33. The van der Waals surface area contributed by atoms with Crippen LogP contribution in [0.2, 0.25) is 0 Å². The van der Waals surface area contributed by atoms with E-state index < -0.39 is 30.3 Å². The van der Waals surface area contributed by atoms with Crippen molar-refractivity contribution in [3.63, 3.8) is 0 Å². The number of nitrogens with one attached hydrogen (secondary N) is 2. The number of carbonyl (C=O) groups excluding carboxylic acids is 2. The van der Waals surface area contributed by atoms with Crippen molar-refractivity contribution >= 4 is 18.0 Å². The summed E-state index contributed by atoms with van der Waals surface area (Å²) in [4.78, 5) is 36.4. The molecule has 2 aromatic carbocycles. The number of aliphatic carboxylic acids is 1. The van der Waals surface area contributed by atoms with Gasteiger partial charge in [-0.2, -0.15) is 0 Å². The number of hydrogen-bond donors (Lipinski definition) is 3. The molecule has 0 saturated carbocycles. The van der Waals surface area contributed by atoms with E-state index in [0.29, 0.717) is 12.8 Å². The summed E-state index contributed by atoms with van der Waals surface area (Å²) in [5.41, 5.74) is 4.58. The van der Waals surface area contributed by atoms with E-state index in [1.165, 1.54) is 0 Å². The molecule has 4 rings (SSSR count). The smallest absolute Gasteiger partial charge is 0.407 e. The molecule has 3 atom stereocenters. The number of benzene rings is 2. The molecule has 34 heavy (non-hydrogen) atoms. The molecule has 0 bridgehead atoms. The van der Waals surface area contributed by atoms with Gasteiger partial charge in [0.05, 0.1) is 6.04 Å². The molecule has 8 heteroatoms. The number of ether oxygens (including phenoxy) is 2. The van der Waals surface area contributed by atoms with Crippen LogP contribution >= 0.6 is 0 Å². The molecule has 0 radical (unpaired) electrons. The van der Waals surface area contributed by atoms with Gasteiger partial charge in [0, 0.05) is 25.0 Å². The van der Waals surface area contributed by atoms with E-state index in [-0.39, 0.29) is 31.5 Å². The van der Waals surface area contributed by atoms with Gasteiger partial charge in [0.1, 0.15) is 6.61 Å². The highest BCUT2D eigenvalue weighted by Gasteiger charge is 2.35. The summed E-state index contributed by atoms with van der Waals surface area (Å²) < 4.78 is 10.8. The van der Waals surface area contributed by atoms with Crippen LogP contribution in [0.1, 0.15) is 49.7 Å². The van der Waals surface area contributed by atoms with Gasteiger partial charge in [0.25, 0.3) is 0 Å². The number of carboxylic acids is 1. The molecular formula is C26H30N2O6. The summed E-state index contributed by atoms with van der Waals surface area (Å²) >= 11 is 0. The van der Waals surface area contributed by atoms with Gasteiger partial charge >= 0.3 is 12.1 Å². The molecule has 0 aromatic heterocycles. The van der Waals surface area contributed by atoms with E-state index in [1.807, 2.05) is 31.2 Å². The van der Waals surface area contributed by atoms with Crippen LogP contribution in [-0.4, -0.2) is 54.5 Å². The molecular weight excluding hydrogens is 436 g/mol. The van der Waals surface area contributed by atoms with Crippen molar-refractivity contribution in [1.82, 2.24) is 10.6 Å². The lowest BCUT2D eigenvalue weighted by atomic mass is 9.98. The average molecular weight is 467 g/mol. The normalized spacial score (nSPS) is 19.7. The van der Waals surface area contributed by atoms with E-state index >= 15 is 0 Å². The summed E-state index contributed by atoms with van der Waals surface area (Å²) in [6.07, 6.45) is 0.249. The summed E-state index contributed by atoms with van der Waals surface area (Å²) in [5, 5.41) is 14.7. The van der Waals surface area contributed by atoms with Crippen molar-refractivity contribution in [2.24, 2.45) is 0 Å². The first kappa shape index (κ1) is 23.8. The van der Waals surface area contributed by atoms with Crippen LogP contribution in [0.3, 0.4) is 0 Å². The topological polar surface area (TPSA) is 114 Å². The monoisotopic (exact) mass is 466 g/mol. The first-order chi connectivity index (χ1) is 16.5. The maximum absolute atomic E-state index is 12.6. The second-order valence-electron chi connectivity index (χ2n) is 8.75. The summed E-state index contributed by atoms with van der Waals surface area (Å²) in [7, 11) is 0. The van der Waals surface area contributed by atoms with Crippen LogP contribution in [0.25, 0.3) is 11.1 Å². The van der Waals surface area contributed by atoms with Gasteiger partial charge in [-0.3, -0.25) is 4.79 Å². The Morgan fingerprint density at radius 3 is 2.35 bits per heavy atom. The minimum atomic E-state index is -1.09. The number of alkyl carbamates (subject to hydrolysis) is 1. The van der Waals surface area contributed by atoms with Gasteiger partial charge in [0.2, 0.25) is 5.91 Å². The minimum Gasteiger partial charge on any atom is -0.479 e. The summed E-state index contributed by atoms with van der Waals surface area (Å²) in [6, 6.07) is 15.3. The van der Waals surface area contributed by atoms with Gasteiger partial charge in [0.15, 0.2) is 6.10 Å². The van der Waals surface area contributed by atoms with Crippen molar-refractivity contribution in [2.45, 2.75) is 56.7 Å². The standard InChI is InChI=1S/C26H30N2O6/c1-2-7-16(14-23(29)28-22-12-13-33-24(22)25(30)31)27-26(32)34-15-21-19-10-5-3-8-17(19)18-9-4-6-11-20(18)21/h3-6,8-11,16,21-22,24H,2,7,12-15H2,1H3,(H,27,32)(H,28,29)(H,30,31)/t16-,22+,24-/m1/s1. The zero-order valence-electron chi connectivity index (χ0n) is 19.2. The molecule has 1 fully saturated rings. The molecule has 2 aliphatic rings. The third kappa shape index (κ3) is 5.22. The van der Waals surface area contributed by atoms with E-state index in [4.69, 9.17) is 9.47 Å². The van der Waals surface area contributed by atoms with Gasteiger partial charge in [-0.05, 0) is 35.1 Å². The SMILES string of the molecule is CCC[C@H](CC(=O)N[C@H]1CCO[C@H]1C(=O)O)NC(=O)OCC1c2ccccc2-c2ccccc21. The van der Waals surface area contributed by atoms with Crippen LogP contribution in [0.15, 0.2) is 48.5 Å². The lowest BCUT2D eigenvalue weighted by Crippen LogP contribution is -2.46. The van der Waals surface area contributed by atoms with Crippen LogP contribution < -0.4 is 10.6 Å². The Morgan fingerprint density at radius 1 is 1.09 bits per heavy atom. The van der Waals surface area contributed by atoms with Gasteiger partial charge in [-0.25, -0.2) is 9.59 Å². The van der Waals surface area contributed by atoms with Crippen molar-refractivity contribution in [3.05, 3.63) is 59.7 Å². The molecule has 0 spiro atoms. The maximum Gasteiger partial charge on any atom is 0.407 e. The average Bonchev–Trinajstić information content (AvgIpc) is 3.40. The number of rotatable bonds is 9. The molecule has 3 N–H and O–H groups in total. The van der Waals surface area contributed by atoms with Crippen LogP contribution in [0.5, 0.6) is 0 Å². The predicted molar refractivity (Wildman–Crippen MR) is 125 cm³/mol.